The van der Waals surface area contributed by atoms with Crippen LogP contribution in [0.1, 0.15) is 27.2 Å². The zero-order valence-corrected chi connectivity index (χ0v) is 8.30. The van der Waals surface area contributed by atoms with Gasteiger partial charge in [-0.3, -0.25) is 4.90 Å². The van der Waals surface area contributed by atoms with Gasteiger partial charge in [0.1, 0.15) is 0 Å². The largest absolute Gasteiger partial charge is 0.387 e. The first-order valence-corrected chi connectivity index (χ1v) is 4.55. The zero-order valence-electron chi connectivity index (χ0n) is 8.30. The fourth-order valence-electron chi connectivity index (χ4n) is 1.60. The van der Waals surface area contributed by atoms with E-state index in [-0.39, 0.29) is 5.54 Å². The maximum atomic E-state index is 9.87. The third-order valence-corrected chi connectivity index (χ3v) is 2.66. The second kappa shape index (κ2) is 2.98. The lowest BCUT2D eigenvalue weighted by Crippen LogP contribution is -2.45. The molecule has 0 aromatic rings. The smallest absolute Gasteiger partial charge is 0.0907 e. The van der Waals surface area contributed by atoms with Crippen molar-refractivity contribution in [1.82, 2.24) is 4.90 Å². The highest BCUT2D eigenvalue weighted by atomic mass is 16.3. The van der Waals surface area contributed by atoms with Crippen LogP contribution in [-0.2, 0) is 0 Å². The number of nitrogens with two attached hydrogens (primary N) is 1. The van der Waals surface area contributed by atoms with E-state index in [2.05, 4.69) is 25.7 Å². The van der Waals surface area contributed by atoms with Crippen molar-refractivity contribution in [3.63, 3.8) is 0 Å². The van der Waals surface area contributed by atoms with Crippen LogP contribution in [-0.4, -0.2) is 40.8 Å². The van der Waals surface area contributed by atoms with Crippen LogP contribution < -0.4 is 5.73 Å². The zero-order chi connectivity index (χ0) is 9.41. The van der Waals surface area contributed by atoms with E-state index in [0.717, 1.165) is 13.0 Å². The fourth-order valence-corrected chi connectivity index (χ4v) is 1.60. The van der Waals surface area contributed by atoms with Gasteiger partial charge in [0.05, 0.1) is 5.60 Å². The van der Waals surface area contributed by atoms with Crippen LogP contribution >= 0.6 is 0 Å². The Balaban J connectivity index is 2.57. The van der Waals surface area contributed by atoms with E-state index >= 15 is 0 Å². The van der Waals surface area contributed by atoms with Crippen molar-refractivity contribution in [3.8, 4) is 0 Å². The Morgan fingerprint density at radius 1 is 1.50 bits per heavy atom. The first kappa shape index (κ1) is 9.96. The summed E-state index contributed by atoms with van der Waals surface area (Å²) >= 11 is 0. The average Bonchev–Trinajstić information content (AvgIpc) is 2.32. The van der Waals surface area contributed by atoms with Crippen LogP contribution in [0.15, 0.2) is 0 Å². The molecule has 72 valence electrons. The van der Waals surface area contributed by atoms with E-state index in [1.54, 1.807) is 0 Å². The molecule has 1 atom stereocenters. The predicted octanol–water partition coefficient (Wildman–Crippen LogP) is 0.180. The molecule has 3 heteroatoms. The van der Waals surface area contributed by atoms with Crippen LogP contribution in [0, 0.1) is 0 Å². The summed E-state index contributed by atoms with van der Waals surface area (Å²) in [5, 5.41) is 9.87. The van der Waals surface area contributed by atoms with Gasteiger partial charge in [-0.25, -0.2) is 0 Å². The van der Waals surface area contributed by atoms with Gasteiger partial charge in [0.25, 0.3) is 0 Å². The van der Waals surface area contributed by atoms with Crippen molar-refractivity contribution in [2.45, 2.75) is 38.3 Å². The molecule has 1 heterocycles. The molecule has 1 aliphatic rings. The van der Waals surface area contributed by atoms with Gasteiger partial charge in [0, 0.05) is 25.2 Å². The molecule has 1 aliphatic heterocycles. The summed E-state index contributed by atoms with van der Waals surface area (Å²) in [5.74, 6) is 0. The lowest BCUT2D eigenvalue weighted by molar-refractivity contribution is 0.0436. The highest BCUT2D eigenvalue weighted by Gasteiger charge is 2.38. The van der Waals surface area contributed by atoms with Gasteiger partial charge in [0.15, 0.2) is 0 Å². The molecule has 0 aliphatic carbocycles. The first-order valence-electron chi connectivity index (χ1n) is 4.55. The van der Waals surface area contributed by atoms with E-state index in [4.69, 9.17) is 5.73 Å². The highest BCUT2D eigenvalue weighted by Crippen LogP contribution is 2.26. The van der Waals surface area contributed by atoms with E-state index < -0.39 is 5.60 Å². The van der Waals surface area contributed by atoms with Crippen LogP contribution in [0.3, 0.4) is 0 Å². The molecule has 0 spiro atoms. The van der Waals surface area contributed by atoms with Gasteiger partial charge in [-0.05, 0) is 27.2 Å². The number of aliphatic hydroxyl groups is 1. The molecule has 0 aromatic carbocycles. The number of nitrogens with zero attached hydrogens (tertiary/aromatic N) is 1. The van der Waals surface area contributed by atoms with Crippen LogP contribution in [0.25, 0.3) is 0 Å². The van der Waals surface area contributed by atoms with E-state index in [1.165, 1.54) is 0 Å². The topological polar surface area (TPSA) is 49.5 Å². The number of hydrogen-bond acceptors (Lipinski definition) is 3. The lowest BCUT2D eigenvalue weighted by atomic mass is 10.0. The Bertz CT molecular complexity index is 164. The monoisotopic (exact) mass is 172 g/mol. The molecule has 3 nitrogen and oxygen atoms in total. The molecular weight excluding hydrogens is 152 g/mol. The Morgan fingerprint density at radius 3 is 2.33 bits per heavy atom. The van der Waals surface area contributed by atoms with Crippen molar-refractivity contribution in [3.05, 3.63) is 0 Å². The minimum Gasteiger partial charge on any atom is -0.387 e. The third-order valence-electron chi connectivity index (χ3n) is 2.66. The van der Waals surface area contributed by atoms with Crippen molar-refractivity contribution in [2.75, 3.05) is 19.6 Å². The molecule has 0 radical (unpaired) electrons. The van der Waals surface area contributed by atoms with Gasteiger partial charge >= 0.3 is 0 Å². The number of rotatable bonds is 1. The van der Waals surface area contributed by atoms with Gasteiger partial charge in [0.2, 0.25) is 0 Å². The van der Waals surface area contributed by atoms with E-state index in [9.17, 15) is 5.11 Å². The summed E-state index contributed by atoms with van der Waals surface area (Å²) in [6, 6.07) is 0. The molecule has 1 saturated heterocycles. The van der Waals surface area contributed by atoms with Gasteiger partial charge < -0.3 is 10.8 Å². The summed E-state index contributed by atoms with van der Waals surface area (Å²) < 4.78 is 0. The van der Waals surface area contributed by atoms with Gasteiger partial charge in [-0.2, -0.15) is 0 Å². The highest BCUT2D eigenvalue weighted by molar-refractivity contribution is 4.95. The second-order valence-corrected chi connectivity index (χ2v) is 4.77. The standard InChI is InChI=1S/C9H20N2O/c1-8(2,3)11-5-4-9(12,6-10)7-11/h12H,4-7,10H2,1-3H3. The normalized spacial score (nSPS) is 32.8. The van der Waals surface area contributed by atoms with Crippen molar-refractivity contribution in [2.24, 2.45) is 5.73 Å². The quantitative estimate of drug-likeness (QED) is 0.593. The van der Waals surface area contributed by atoms with Crippen molar-refractivity contribution < 1.29 is 5.11 Å². The maximum absolute atomic E-state index is 9.87. The minimum absolute atomic E-state index is 0.152. The molecule has 0 bridgehead atoms. The molecule has 0 aromatic heterocycles. The van der Waals surface area contributed by atoms with Crippen LogP contribution in [0.2, 0.25) is 0 Å². The molecule has 1 fully saturated rings. The van der Waals surface area contributed by atoms with E-state index in [1.807, 2.05) is 0 Å². The molecule has 1 rings (SSSR count). The maximum Gasteiger partial charge on any atom is 0.0907 e. The van der Waals surface area contributed by atoms with Gasteiger partial charge in [-0.15, -0.1) is 0 Å². The number of likely N-dealkylation sites (tertiary alicyclic amines) is 1. The summed E-state index contributed by atoms with van der Waals surface area (Å²) in [7, 11) is 0. The summed E-state index contributed by atoms with van der Waals surface area (Å²) in [5.41, 5.74) is 5.02. The van der Waals surface area contributed by atoms with Gasteiger partial charge in [-0.1, -0.05) is 0 Å². The molecule has 0 amide bonds. The van der Waals surface area contributed by atoms with Crippen LogP contribution in [0.5, 0.6) is 0 Å². The molecule has 3 N–H and O–H groups in total. The first-order chi connectivity index (χ1) is 5.37. The molecule has 12 heavy (non-hydrogen) atoms. The van der Waals surface area contributed by atoms with E-state index in [0.29, 0.717) is 13.1 Å². The summed E-state index contributed by atoms with van der Waals surface area (Å²) in [6.45, 7) is 8.53. The molecular formula is C9H20N2O. The second-order valence-electron chi connectivity index (χ2n) is 4.77. The third kappa shape index (κ3) is 1.97. The predicted molar refractivity (Wildman–Crippen MR) is 49.9 cm³/mol. The molecule has 1 unspecified atom stereocenters. The number of β-amino-alcohol motifs (C(OH)–C–C–N with tert-alkyl or cyclic N) is 1. The average molecular weight is 172 g/mol. The summed E-state index contributed by atoms with van der Waals surface area (Å²) in [6.07, 6.45) is 0.806. The number of hydrogen-bond donors (Lipinski definition) is 2. The Kier molecular flexibility index (Phi) is 2.47. The summed E-state index contributed by atoms with van der Waals surface area (Å²) in [4.78, 5) is 2.28. The SMILES string of the molecule is CC(C)(C)N1CCC(O)(CN)C1. The van der Waals surface area contributed by atoms with Crippen molar-refractivity contribution >= 4 is 0 Å². The minimum atomic E-state index is -0.632. The Labute approximate surface area is 74.5 Å². The Morgan fingerprint density at radius 2 is 2.08 bits per heavy atom. The Hall–Kier alpha value is -0.120. The molecule has 0 saturated carbocycles. The lowest BCUT2D eigenvalue weighted by Gasteiger charge is -2.32. The van der Waals surface area contributed by atoms with Crippen LogP contribution in [0.4, 0.5) is 0 Å². The van der Waals surface area contributed by atoms with Crippen molar-refractivity contribution in [1.29, 1.82) is 0 Å². The fraction of sp³-hybridized carbons (Fsp3) is 1.00.